The Morgan fingerprint density at radius 1 is 1.60 bits per heavy atom. The van der Waals surface area contributed by atoms with Gasteiger partial charge in [0.2, 0.25) is 0 Å². The van der Waals surface area contributed by atoms with Gasteiger partial charge in [0.15, 0.2) is 0 Å². The lowest BCUT2D eigenvalue weighted by Gasteiger charge is -1.89. The predicted molar refractivity (Wildman–Crippen MR) is 46.4 cm³/mol. The number of nitrogens with zero attached hydrogens (tertiary/aromatic N) is 1. The van der Waals surface area contributed by atoms with E-state index in [0.29, 0.717) is 0 Å². The summed E-state index contributed by atoms with van der Waals surface area (Å²) in [5.74, 6) is 0. The van der Waals surface area contributed by atoms with Crippen molar-refractivity contribution >= 4 is 26.1 Å². The monoisotopic (exact) mass is 175 g/mol. The average Bonchev–Trinajstić information content (AvgIpc) is 2.12. The van der Waals surface area contributed by atoms with Gasteiger partial charge in [0, 0.05) is 22.2 Å². The van der Waals surface area contributed by atoms with Crippen molar-refractivity contribution in [3.63, 3.8) is 0 Å². The molecule has 1 rings (SSSR count). The summed E-state index contributed by atoms with van der Waals surface area (Å²) in [5.41, 5.74) is 0. The van der Waals surface area contributed by atoms with Gasteiger partial charge in [-0.15, -0.1) is 11.3 Å². The summed E-state index contributed by atoms with van der Waals surface area (Å²) in [6.07, 6.45) is 3.26. The molecular weight excluding hydrogens is 166 g/mol. The van der Waals surface area contributed by atoms with Crippen molar-refractivity contribution in [2.45, 2.75) is 0 Å². The van der Waals surface area contributed by atoms with Gasteiger partial charge in [-0.05, 0) is 17.5 Å². The fourth-order valence-electron chi connectivity index (χ4n) is 0.539. The van der Waals surface area contributed by atoms with Gasteiger partial charge >= 0.3 is 0 Å². The summed E-state index contributed by atoms with van der Waals surface area (Å²) in [7, 11) is -1.96. The van der Waals surface area contributed by atoms with Crippen molar-refractivity contribution in [2.75, 3.05) is 12.5 Å². The van der Waals surface area contributed by atoms with Crippen LogP contribution in [0.2, 0.25) is 0 Å². The van der Waals surface area contributed by atoms with Crippen LogP contribution in [0, 0.1) is 0 Å². The molecule has 0 aliphatic rings. The minimum Gasteiger partial charge on any atom is -0.250 e. The molecule has 0 N–H and O–H groups in total. The van der Waals surface area contributed by atoms with E-state index in [0.717, 1.165) is 5.00 Å². The van der Waals surface area contributed by atoms with E-state index in [1.165, 1.54) is 11.3 Å². The van der Waals surface area contributed by atoms with E-state index in [2.05, 4.69) is 4.36 Å². The third kappa shape index (κ3) is 2.49. The van der Waals surface area contributed by atoms with E-state index in [1.54, 1.807) is 12.5 Å². The minimum absolute atomic E-state index is 0.843. The Morgan fingerprint density at radius 3 is 2.70 bits per heavy atom. The van der Waals surface area contributed by atoms with Gasteiger partial charge in [0.1, 0.15) is 5.00 Å². The summed E-state index contributed by atoms with van der Waals surface area (Å²) in [5, 5.41) is 2.76. The lowest BCUT2D eigenvalue weighted by molar-refractivity contribution is 0.684. The topological polar surface area (TPSA) is 29.4 Å². The van der Waals surface area contributed by atoms with Crippen LogP contribution < -0.4 is 0 Å². The first-order chi connectivity index (χ1) is 4.58. The first-order valence-electron chi connectivity index (χ1n) is 2.78. The molecule has 4 heteroatoms. The van der Waals surface area contributed by atoms with Gasteiger partial charge in [-0.3, -0.25) is 0 Å². The standard InChI is InChI=1S/C6H9NOS2/c1-10(2,8)7-6-4-3-5-9-6/h3-5H,1-2H3. The highest BCUT2D eigenvalue weighted by atomic mass is 32.2. The molecule has 0 saturated carbocycles. The third-order valence-electron chi connectivity index (χ3n) is 0.816. The van der Waals surface area contributed by atoms with E-state index >= 15 is 0 Å². The normalized spacial score (nSPS) is 11.4. The maximum atomic E-state index is 11.1. The van der Waals surface area contributed by atoms with E-state index in [-0.39, 0.29) is 0 Å². The highest BCUT2D eigenvalue weighted by Crippen LogP contribution is 2.20. The quantitative estimate of drug-likeness (QED) is 0.642. The smallest absolute Gasteiger partial charge is 0.126 e. The highest BCUT2D eigenvalue weighted by Gasteiger charge is 1.91. The summed E-state index contributed by atoms with van der Waals surface area (Å²) in [4.78, 5) is 0. The van der Waals surface area contributed by atoms with E-state index in [9.17, 15) is 4.21 Å². The zero-order chi connectivity index (χ0) is 7.61. The van der Waals surface area contributed by atoms with Crippen LogP contribution in [0.4, 0.5) is 5.00 Å². The molecular formula is C6H9NOS2. The first-order valence-corrected chi connectivity index (χ1v) is 6.00. The highest BCUT2D eigenvalue weighted by molar-refractivity contribution is 7.92. The molecule has 0 amide bonds. The minimum atomic E-state index is -1.96. The lowest BCUT2D eigenvalue weighted by atomic mass is 10.6. The molecule has 0 atom stereocenters. The third-order valence-corrected chi connectivity index (χ3v) is 2.33. The Balaban J connectivity index is 3.04. The Kier molecular flexibility index (Phi) is 2.11. The molecule has 0 saturated heterocycles. The van der Waals surface area contributed by atoms with Crippen LogP contribution in [0.15, 0.2) is 21.9 Å². The number of hydrogen-bond donors (Lipinski definition) is 0. The molecule has 1 heterocycles. The molecule has 0 aliphatic carbocycles. The molecule has 56 valence electrons. The maximum absolute atomic E-state index is 11.1. The molecule has 0 bridgehead atoms. The van der Waals surface area contributed by atoms with Crippen molar-refractivity contribution in [3.8, 4) is 0 Å². The molecule has 0 aliphatic heterocycles. The van der Waals surface area contributed by atoms with Gasteiger partial charge in [-0.25, -0.2) is 4.21 Å². The predicted octanol–water partition coefficient (Wildman–Crippen LogP) is 2.11. The second-order valence-corrected chi connectivity index (χ2v) is 5.70. The molecule has 0 spiro atoms. The summed E-state index contributed by atoms with van der Waals surface area (Å²) >= 11 is 1.50. The molecule has 1 aromatic heterocycles. The van der Waals surface area contributed by atoms with Gasteiger partial charge in [-0.2, -0.15) is 4.36 Å². The van der Waals surface area contributed by atoms with Crippen molar-refractivity contribution in [3.05, 3.63) is 17.5 Å². The fraction of sp³-hybridized carbons (Fsp3) is 0.333. The lowest BCUT2D eigenvalue weighted by Crippen LogP contribution is -1.87. The summed E-state index contributed by atoms with van der Waals surface area (Å²) < 4.78 is 15.1. The summed E-state index contributed by atoms with van der Waals surface area (Å²) in [6.45, 7) is 0. The molecule has 10 heavy (non-hydrogen) atoms. The van der Waals surface area contributed by atoms with Gasteiger partial charge in [0.05, 0.1) is 0 Å². The van der Waals surface area contributed by atoms with Crippen LogP contribution in [0.25, 0.3) is 0 Å². The number of rotatable bonds is 1. The van der Waals surface area contributed by atoms with Crippen LogP contribution >= 0.6 is 11.3 Å². The van der Waals surface area contributed by atoms with Crippen LogP contribution in [0.5, 0.6) is 0 Å². The fourth-order valence-corrected chi connectivity index (χ4v) is 2.20. The largest absolute Gasteiger partial charge is 0.250 e. The number of hydrogen-bond acceptors (Lipinski definition) is 3. The molecule has 0 fully saturated rings. The van der Waals surface area contributed by atoms with Crippen LogP contribution in [-0.2, 0) is 9.73 Å². The van der Waals surface area contributed by atoms with Crippen molar-refractivity contribution in [1.29, 1.82) is 0 Å². The summed E-state index contributed by atoms with van der Waals surface area (Å²) in [6, 6.07) is 3.76. The molecule has 0 aromatic carbocycles. The Labute approximate surface area is 65.1 Å². The average molecular weight is 175 g/mol. The van der Waals surface area contributed by atoms with Crippen molar-refractivity contribution in [2.24, 2.45) is 4.36 Å². The zero-order valence-electron chi connectivity index (χ0n) is 5.90. The Hall–Kier alpha value is -0.350. The Morgan fingerprint density at radius 2 is 2.30 bits per heavy atom. The van der Waals surface area contributed by atoms with Gasteiger partial charge < -0.3 is 0 Å². The molecule has 0 radical (unpaired) electrons. The van der Waals surface area contributed by atoms with Crippen LogP contribution in [0.1, 0.15) is 0 Å². The van der Waals surface area contributed by atoms with Gasteiger partial charge in [-0.1, -0.05) is 0 Å². The van der Waals surface area contributed by atoms with Gasteiger partial charge in [0.25, 0.3) is 0 Å². The van der Waals surface area contributed by atoms with Crippen molar-refractivity contribution in [1.82, 2.24) is 0 Å². The van der Waals surface area contributed by atoms with Crippen LogP contribution in [0.3, 0.4) is 0 Å². The Bertz CT molecular complexity index is 298. The maximum Gasteiger partial charge on any atom is 0.126 e. The van der Waals surface area contributed by atoms with E-state index in [4.69, 9.17) is 0 Å². The molecule has 1 aromatic rings. The van der Waals surface area contributed by atoms with Crippen molar-refractivity contribution < 1.29 is 4.21 Å². The molecule has 0 unspecified atom stereocenters. The van der Waals surface area contributed by atoms with E-state index < -0.39 is 9.73 Å². The second kappa shape index (κ2) is 2.72. The van der Waals surface area contributed by atoms with Crippen LogP contribution in [-0.4, -0.2) is 16.7 Å². The SMILES string of the molecule is CS(C)(=O)=Nc1cccs1. The van der Waals surface area contributed by atoms with E-state index in [1.807, 2.05) is 17.5 Å². The second-order valence-electron chi connectivity index (χ2n) is 2.22. The zero-order valence-corrected chi connectivity index (χ0v) is 7.54. The molecule has 2 nitrogen and oxygen atoms in total. The number of thiophene rings is 1. The first kappa shape index (κ1) is 7.75.